The minimum absolute atomic E-state index is 0.213. The number of allylic oxidation sites excluding steroid dienone is 3. The molecule has 3 aromatic rings. The van der Waals surface area contributed by atoms with E-state index in [9.17, 15) is 4.39 Å². The Bertz CT molecular complexity index is 1170. The summed E-state index contributed by atoms with van der Waals surface area (Å²) in [5.74, 6) is 0.469. The second-order valence-corrected chi connectivity index (χ2v) is 10.6. The normalized spacial score (nSPS) is 12.4. The van der Waals surface area contributed by atoms with Crippen LogP contribution in [-0.4, -0.2) is 6.21 Å². The van der Waals surface area contributed by atoms with Crippen molar-refractivity contribution in [2.24, 2.45) is 10.9 Å². The molecule has 3 heteroatoms. The fourth-order valence-corrected chi connectivity index (χ4v) is 5.17. The van der Waals surface area contributed by atoms with E-state index in [0.717, 1.165) is 45.8 Å². The van der Waals surface area contributed by atoms with Gasteiger partial charge in [-0.25, -0.2) is 4.39 Å². The monoisotopic (exact) mass is 517 g/mol. The Balaban J connectivity index is 0.000000271. The molecule has 2 aromatic carbocycles. The van der Waals surface area contributed by atoms with E-state index in [1.54, 1.807) is 23.5 Å². The molecule has 1 heterocycles. The van der Waals surface area contributed by atoms with Gasteiger partial charge in [-0.1, -0.05) is 103 Å². The molecular weight excluding hydrogens is 473 g/mol. The van der Waals surface area contributed by atoms with Crippen LogP contribution in [0.15, 0.2) is 72.2 Å². The van der Waals surface area contributed by atoms with Crippen molar-refractivity contribution in [1.82, 2.24) is 0 Å². The van der Waals surface area contributed by atoms with Gasteiger partial charge in [-0.3, -0.25) is 4.99 Å². The highest BCUT2D eigenvalue weighted by Gasteiger charge is 2.12. The third-order valence-electron chi connectivity index (χ3n) is 6.27. The maximum Gasteiger partial charge on any atom is 0.123 e. The molecule has 37 heavy (non-hydrogen) atoms. The van der Waals surface area contributed by atoms with E-state index in [4.69, 9.17) is 0 Å². The van der Waals surface area contributed by atoms with Gasteiger partial charge in [0.2, 0.25) is 0 Å². The third kappa shape index (κ3) is 9.55. The molecule has 0 aliphatic heterocycles. The van der Waals surface area contributed by atoms with Crippen LogP contribution in [0.1, 0.15) is 89.1 Å². The number of aryl methyl sites for hydroxylation is 1. The van der Waals surface area contributed by atoms with Crippen LogP contribution in [-0.2, 0) is 0 Å². The molecule has 0 spiro atoms. The Morgan fingerprint density at radius 1 is 1.00 bits per heavy atom. The van der Waals surface area contributed by atoms with Gasteiger partial charge < -0.3 is 0 Å². The van der Waals surface area contributed by atoms with Crippen LogP contribution in [0.2, 0.25) is 0 Å². The number of benzene rings is 2. The van der Waals surface area contributed by atoms with Crippen molar-refractivity contribution in [1.29, 1.82) is 0 Å². The summed E-state index contributed by atoms with van der Waals surface area (Å²) < 4.78 is 13.0. The van der Waals surface area contributed by atoms with Crippen LogP contribution in [0.5, 0.6) is 0 Å². The first-order valence-corrected chi connectivity index (χ1v) is 14.5. The summed E-state index contributed by atoms with van der Waals surface area (Å²) in [5.41, 5.74) is 7.47. The number of nitrogens with zero attached hydrogens (tertiary/aromatic N) is 1. The van der Waals surface area contributed by atoms with E-state index < -0.39 is 0 Å². The fraction of sp³-hybridized carbons (Fsp3) is 0.382. The molecule has 1 aromatic heterocycles. The van der Waals surface area contributed by atoms with Crippen LogP contribution in [0, 0.1) is 18.7 Å². The zero-order valence-electron chi connectivity index (χ0n) is 23.6. The molecule has 0 saturated heterocycles. The Kier molecular flexibility index (Phi) is 13.3. The van der Waals surface area contributed by atoms with E-state index in [-0.39, 0.29) is 5.82 Å². The van der Waals surface area contributed by atoms with E-state index in [1.165, 1.54) is 48.1 Å². The number of rotatable bonds is 11. The largest absolute Gasteiger partial charge is 0.260 e. The van der Waals surface area contributed by atoms with Gasteiger partial charge >= 0.3 is 0 Å². The van der Waals surface area contributed by atoms with Crippen LogP contribution in [0.3, 0.4) is 0 Å². The number of hydrogen-bond donors (Lipinski definition) is 0. The van der Waals surface area contributed by atoms with Crippen molar-refractivity contribution in [3.63, 3.8) is 0 Å². The number of halogens is 1. The number of aliphatic imine (C=N–C) groups is 1. The Hall–Kier alpha value is -2.78. The Morgan fingerprint density at radius 3 is 2.27 bits per heavy atom. The van der Waals surface area contributed by atoms with Crippen LogP contribution < -0.4 is 0 Å². The molecule has 0 saturated carbocycles. The third-order valence-corrected chi connectivity index (χ3v) is 7.54. The smallest absolute Gasteiger partial charge is 0.123 e. The van der Waals surface area contributed by atoms with Gasteiger partial charge in [0.1, 0.15) is 5.82 Å². The Morgan fingerprint density at radius 2 is 1.68 bits per heavy atom. The molecule has 0 radical (unpaired) electrons. The average molecular weight is 518 g/mol. The summed E-state index contributed by atoms with van der Waals surface area (Å²) in [6.07, 6.45) is 10.9. The standard InChI is InChI=1S/C18H20FNS.C16H24/c1-4-6-13(3)18-16(20-11-5-2)12-17(21-18)14-7-9-15(19)10-8-14;1-5-9-15(12-13(3)6-2)16-11-8-7-10-14(16)4/h7-12H,3-6H2,1-2H3;7-8,10-13H,5-6,9H2,1-4H3/b;15-12-. The summed E-state index contributed by atoms with van der Waals surface area (Å²) >= 11 is 1.68. The number of hydrogen-bond acceptors (Lipinski definition) is 2. The van der Waals surface area contributed by atoms with E-state index in [2.05, 4.69) is 89.5 Å². The van der Waals surface area contributed by atoms with Crippen molar-refractivity contribution in [3.05, 3.63) is 89.1 Å². The van der Waals surface area contributed by atoms with Crippen molar-refractivity contribution in [3.8, 4) is 10.4 Å². The molecule has 1 nitrogen and oxygen atoms in total. The molecule has 0 aliphatic carbocycles. The van der Waals surface area contributed by atoms with Gasteiger partial charge in [0.05, 0.1) is 10.6 Å². The first-order chi connectivity index (χ1) is 17.8. The summed E-state index contributed by atoms with van der Waals surface area (Å²) in [6.45, 7) is 17.4. The second kappa shape index (κ2) is 16.1. The van der Waals surface area contributed by atoms with Gasteiger partial charge in [0, 0.05) is 11.1 Å². The van der Waals surface area contributed by atoms with Crippen molar-refractivity contribution >= 4 is 34.4 Å². The molecule has 1 atom stereocenters. The van der Waals surface area contributed by atoms with Gasteiger partial charge in [0.25, 0.3) is 0 Å². The quantitative estimate of drug-likeness (QED) is 0.224. The zero-order chi connectivity index (χ0) is 27.2. The highest BCUT2D eigenvalue weighted by molar-refractivity contribution is 7.17. The number of thiophene rings is 1. The molecule has 0 bridgehead atoms. The summed E-state index contributed by atoms with van der Waals surface area (Å²) in [5, 5.41) is 0. The van der Waals surface area contributed by atoms with Gasteiger partial charge in [-0.2, -0.15) is 0 Å². The highest BCUT2D eigenvalue weighted by atomic mass is 32.1. The van der Waals surface area contributed by atoms with Crippen molar-refractivity contribution in [2.45, 2.75) is 80.1 Å². The predicted molar refractivity (Wildman–Crippen MR) is 166 cm³/mol. The lowest BCUT2D eigenvalue weighted by Gasteiger charge is -2.12. The maximum atomic E-state index is 13.0. The first kappa shape index (κ1) is 30.4. The molecule has 0 aliphatic rings. The average Bonchev–Trinajstić information content (AvgIpc) is 3.32. The first-order valence-electron chi connectivity index (χ1n) is 13.7. The second-order valence-electron chi connectivity index (χ2n) is 9.55. The fourth-order valence-electron chi connectivity index (χ4n) is 4.06. The van der Waals surface area contributed by atoms with Gasteiger partial charge in [-0.15, -0.1) is 11.3 Å². The SMILES string of the molecule is C=C(CCC)c1sc(-c2ccc(F)cc2)cc1N=CCC.CCC/C(=C/C(C)CC)c1ccccc1C. The van der Waals surface area contributed by atoms with Crippen molar-refractivity contribution < 1.29 is 4.39 Å². The van der Waals surface area contributed by atoms with Crippen LogP contribution in [0.4, 0.5) is 10.1 Å². The lowest BCUT2D eigenvalue weighted by molar-refractivity contribution is 0.628. The Labute approximate surface area is 228 Å². The van der Waals surface area contributed by atoms with Gasteiger partial charge in [-0.05, 0) is 78.1 Å². The predicted octanol–water partition coefficient (Wildman–Crippen LogP) is 11.7. The summed E-state index contributed by atoms with van der Waals surface area (Å²) in [7, 11) is 0. The summed E-state index contributed by atoms with van der Waals surface area (Å²) in [4.78, 5) is 6.78. The molecular formula is C34H44FNS. The van der Waals surface area contributed by atoms with Crippen LogP contribution in [0.25, 0.3) is 21.6 Å². The van der Waals surface area contributed by atoms with E-state index in [1.807, 2.05) is 6.21 Å². The maximum absolute atomic E-state index is 13.0. The molecule has 3 rings (SSSR count). The van der Waals surface area contributed by atoms with Gasteiger partial charge in [0.15, 0.2) is 0 Å². The lowest BCUT2D eigenvalue weighted by Crippen LogP contribution is -1.93. The minimum Gasteiger partial charge on any atom is -0.260 e. The highest BCUT2D eigenvalue weighted by Crippen LogP contribution is 2.41. The van der Waals surface area contributed by atoms with E-state index in [0.29, 0.717) is 5.92 Å². The molecule has 0 N–H and O–H groups in total. The molecule has 198 valence electrons. The molecule has 1 unspecified atom stereocenters. The molecule has 0 fully saturated rings. The lowest BCUT2D eigenvalue weighted by atomic mass is 9.93. The minimum atomic E-state index is -0.213. The van der Waals surface area contributed by atoms with Crippen molar-refractivity contribution in [2.75, 3.05) is 0 Å². The topological polar surface area (TPSA) is 12.4 Å². The van der Waals surface area contributed by atoms with E-state index >= 15 is 0 Å². The van der Waals surface area contributed by atoms with Crippen LogP contribution >= 0.6 is 11.3 Å². The summed E-state index contributed by atoms with van der Waals surface area (Å²) in [6, 6.07) is 17.4. The zero-order valence-corrected chi connectivity index (χ0v) is 24.4. The molecule has 0 amide bonds.